The maximum atomic E-state index is 11.4. The topological polar surface area (TPSA) is 63.2 Å². The van der Waals surface area contributed by atoms with Crippen molar-refractivity contribution in [2.24, 2.45) is 0 Å². The van der Waals surface area contributed by atoms with Crippen LogP contribution in [0.2, 0.25) is 0 Å². The average Bonchev–Trinajstić information content (AvgIpc) is 2.82. The van der Waals surface area contributed by atoms with Crippen molar-refractivity contribution in [2.75, 3.05) is 26.8 Å². The number of amides is 1. The zero-order valence-electron chi connectivity index (χ0n) is 10.2. The number of hydrogen-bond donors (Lipinski definition) is 2. The van der Waals surface area contributed by atoms with E-state index in [-0.39, 0.29) is 11.9 Å². The van der Waals surface area contributed by atoms with Crippen molar-refractivity contribution in [1.29, 1.82) is 0 Å². The highest BCUT2D eigenvalue weighted by atomic mass is 32.1. The molecule has 0 bridgehead atoms. The molecule has 1 aromatic rings. The van der Waals surface area contributed by atoms with Crippen molar-refractivity contribution in [3.63, 3.8) is 0 Å². The minimum atomic E-state index is 0.0417. The molecule has 17 heavy (non-hydrogen) atoms. The number of carbonyl (C=O) groups is 1. The molecular formula is C11H19N3O2S. The van der Waals surface area contributed by atoms with Crippen LogP contribution in [-0.2, 0) is 9.53 Å². The van der Waals surface area contributed by atoms with Gasteiger partial charge in [-0.05, 0) is 6.92 Å². The third-order valence-electron chi connectivity index (χ3n) is 2.33. The van der Waals surface area contributed by atoms with Crippen molar-refractivity contribution >= 4 is 17.2 Å². The van der Waals surface area contributed by atoms with Crippen LogP contribution >= 0.6 is 11.3 Å². The van der Waals surface area contributed by atoms with Gasteiger partial charge in [0.1, 0.15) is 0 Å². The molecule has 0 saturated heterocycles. The van der Waals surface area contributed by atoms with Crippen molar-refractivity contribution < 1.29 is 9.53 Å². The lowest BCUT2D eigenvalue weighted by atomic mass is 10.2. The first-order chi connectivity index (χ1) is 8.24. The fourth-order valence-corrected chi connectivity index (χ4v) is 1.97. The van der Waals surface area contributed by atoms with Crippen LogP contribution in [0.4, 0.5) is 0 Å². The standard InChI is InChI=1S/C11H19N3O2S/c1-9(10-7-17-8-14-10)12-4-3-11(15)13-5-6-16-2/h7-9,12H,3-6H2,1-2H3,(H,13,15). The highest BCUT2D eigenvalue weighted by molar-refractivity contribution is 7.07. The smallest absolute Gasteiger partial charge is 0.221 e. The number of aromatic nitrogens is 1. The van der Waals surface area contributed by atoms with Gasteiger partial charge in [-0.1, -0.05) is 0 Å². The number of methoxy groups -OCH3 is 1. The molecule has 1 heterocycles. The van der Waals surface area contributed by atoms with Gasteiger partial charge in [-0.25, -0.2) is 4.98 Å². The lowest BCUT2D eigenvalue weighted by Crippen LogP contribution is -2.30. The van der Waals surface area contributed by atoms with E-state index < -0.39 is 0 Å². The van der Waals surface area contributed by atoms with Gasteiger partial charge in [0.25, 0.3) is 0 Å². The Kier molecular flexibility index (Phi) is 6.76. The van der Waals surface area contributed by atoms with E-state index in [0.29, 0.717) is 26.1 Å². The predicted octanol–water partition coefficient (Wildman–Crippen LogP) is 0.946. The van der Waals surface area contributed by atoms with Crippen LogP contribution in [0.3, 0.4) is 0 Å². The van der Waals surface area contributed by atoms with Crippen LogP contribution in [0.15, 0.2) is 10.9 Å². The van der Waals surface area contributed by atoms with E-state index in [1.807, 2.05) is 17.8 Å². The number of ether oxygens (including phenoxy) is 1. The quantitative estimate of drug-likeness (QED) is 0.681. The van der Waals surface area contributed by atoms with Crippen molar-refractivity contribution in [3.8, 4) is 0 Å². The molecule has 0 aliphatic heterocycles. The first kappa shape index (κ1) is 14.1. The second-order valence-corrected chi connectivity index (χ2v) is 4.40. The zero-order valence-corrected chi connectivity index (χ0v) is 11.0. The summed E-state index contributed by atoms with van der Waals surface area (Å²) in [5.74, 6) is 0.0417. The van der Waals surface area contributed by atoms with E-state index in [4.69, 9.17) is 4.74 Å². The Labute approximate surface area is 106 Å². The molecule has 1 aromatic heterocycles. The van der Waals surface area contributed by atoms with Crippen LogP contribution < -0.4 is 10.6 Å². The van der Waals surface area contributed by atoms with Crippen LogP contribution in [-0.4, -0.2) is 37.7 Å². The van der Waals surface area contributed by atoms with Crippen LogP contribution in [0, 0.1) is 0 Å². The lowest BCUT2D eigenvalue weighted by molar-refractivity contribution is -0.121. The van der Waals surface area contributed by atoms with Crippen LogP contribution in [0.5, 0.6) is 0 Å². The molecule has 1 amide bonds. The molecule has 1 rings (SSSR count). The fourth-order valence-electron chi connectivity index (χ4n) is 1.32. The summed E-state index contributed by atoms with van der Waals surface area (Å²) in [5.41, 5.74) is 2.83. The first-order valence-corrected chi connectivity index (χ1v) is 6.55. The number of thiazole rings is 1. The molecule has 6 heteroatoms. The van der Waals surface area contributed by atoms with Gasteiger partial charge in [0.05, 0.1) is 17.8 Å². The van der Waals surface area contributed by atoms with Gasteiger partial charge >= 0.3 is 0 Å². The highest BCUT2D eigenvalue weighted by Gasteiger charge is 2.07. The Balaban J connectivity index is 2.09. The second-order valence-electron chi connectivity index (χ2n) is 3.68. The van der Waals surface area contributed by atoms with Gasteiger partial charge in [0, 0.05) is 38.0 Å². The van der Waals surface area contributed by atoms with Crippen molar-refractivity contribution in [2.45, 2.75) is 19.4 Å². The maximum absolute atomic E-state index is 11.4. The van der Waals surface area contributed by atoms with E-state index in [2.05, 4.69) is 15.6 Å². The summed E-state index contributed by atoms with van der Waals surface area (Å²) in [7, 11) is 1.61. The molecule has 0 radical (unpaired) electrons. The van der Waals surface area contributed by atoms with Crippen LogP contribution in [0.1, 0.15) is 25.1 Å². The Hall–Kier alpha value is -0.980. The van der Waals surface area contributed by atoms with Gasteiger partial charge in [-0.15, -0.1) is 11.3 Å². The highest BCUT2D eigenvalue weighted by Crippen LogP contribution is 2.11. The molecule has 1 atom stereocenters. The van der Waals surface area contributed by atoms with Gasteiger partial charge in [-0.2, -0.15) is 0 Å². The molecule has 0 spiro atoms. The van der Waals surface area contributed by atoms with Crippen molar-refractivity contribution in [3.05, 3.63) is 16.6 Å². The van der Waals surface area contributed by atoms with Crippen molar-refractivity contribution in [1.82, 2.24) is 15.6 Å². The minimum Gasteiger partial charge on any atom is -0.383 e. The Morgan fingerprint density at radius 3 is 3.06 bits per heavy atom. The maximum Gasteiger partial charge on any atom is 0.221 e. The molecule has 0 aliphatic carbocycles. The molecule has 0 saturated carbocycles. The number of nitrogens with one attached hydrogen (secondary N) is 2. The summed E-state index contributed by atoms with van der Waals surface area (Å²) >= 11 is 1.58. The second kappa shape index (κ2) is 8.16. The summed E-state index contributed by atoms with van der Waals surface area (Å²) in [6.45, 7) is 3.81. The van der Waals surface area contributed by atoms with Gasteiger partial charge in [0.2, 0.25) is 5.91 Å². The monoisotopic (exact) mass is 257 g/mol. The number of carbonyl (C=O) groups excluding carboxylic acids is 1. The molecule has 2 N–H and O–H groups in total. The molecular weight excluding hydrogens is 238 g/mol. The summed E-state index contributed by atoms with van der Waals surface area (Å²) in [4.78, 5) is 15.6. The van der Waals surface area contributed by atoms with Crippen LogP contribution in [0.25, 0.3) is 0 Å². The molecule has 5 nitrogen and oxygen atoms in total. The molecule has 0 aliphatic rings. The number of nitrogens with zero attached hydrogens (tertiary/aromatic N) is 1. The van der Waals surface area contributed by atoms with E-state index in [1.165, 1.54) is 0 Å². The minimum absolute atomic E-state index is 0.0417. The van der Waals surface area contributed by atoms with Gasteiger partial charge in [-0.3, -0.25) is 4.79 Å². The van der Waals surface area contributed by atoms with E-state index >= 15 is 0 Å². The number of hydrogen-bond acceptors (Lipinski definition) is 5. The predicted molar refractivity (Wildman–Crippen MR) is 68.0 cm³/mol. The van der Waals surface area contributed by atoms with Gasteiger partial charge < -0.3 is 15.4 Å². The third-order valence-corrected chi connectivity index (χ3v) is 2.93. The molecule has 0 aromatic carbocycles. The lowest BCUT2D eigenvalue weighted by Gasteiger charge is -2.11. The van der Waals surface area contributed by atoms with E-state index in [9.17, 15) is 4.79 Å². The van der Waals surface area contributed by atoms with E-state index in [0.717, 1.165) is 5.69 Å². The summed E-state index contributed by atoms with van der Waals surface area (Å²) < 4.78 is 4.85. The zero-order chi connectivity index (χ0) is 12.5. The largest absolute Gasteiger partial charge is 0.383 e. The Morgan fingerprint density at radius 1 is 1.59 bits per heavy atom. The molecule has 0 fully saturated rings. The Bertz CT molecular complexity index is 317. The normalized spacial score (nSPS) is 12.4. The first-order valence-electron chi connectivity index (χ1n) is 5.61. The van der Waals surface area contributed by atoms with E-state index in [1.54, 1.807) is 18.4 Å². The Morgan fingerprint density at radius 2 is 2.41 bits per heavy atom. The third kappa shape index (κ3) is 5.76. The van der Waals surface area contributed by atoms with Gasteiger partial charge in [0.15, 0.2) is 0 Å². The summed E-state index contributed by atoms with van der Waals surface area (Å²) in [6, 6.07) is 0.188. The summed E-state index contributed by atoms with van der Waals surface area (Å²) in [6.07, 6.45) is 0.470. The number of rotatable bonds is 8. The SMILES string of the molecule is COCCNC(=O)CCNC(C)c1cscn1. The molecule has 1 unspecified atom stereocenters. The summed E-state index contributed by atoms with van der Waals surface area (Å²) in [5, 5.41) is 8.04. The average molecular weight is 257 g/mol. The molecule has 96 valence electrons. The fraction of sp³-hybridized carbons (Fsp3) is 0.636.